The molecule has 20 heavy (non-hydrogen) atoms. The van der Waals surface area contributed by atoms with Gasteiger partial charge in [-0.1, -0.05) is 24.3 Å². The molecule has 6 nitrogen and oxygen atoms in total. The molecular weight excluding hydrogens is 286 g/mol. The van der Waals surface area contributed by atoms with E-state index in [0.717, 1.165) is 0 Å². The first-order valence-electron chi connectivity index (χ1n) is 5.54. The van der Waals surface area contributed by atoms with Gasteiger partial charge in [0, 0.05) is 0 Å². The van der Waals surface area contributed by atoms with Gasteiger partial charge in [-0.25, -0.2) is 0 Å². The van der Waals surface area contributed by atoms with Crippen LogP contribution in [0, 0.1) is 10.1 Å². The first-order valence-corrected chi connectivity index (χ1v) is 5.92. The molecule has 108 valence electrons. The zero-order valence-corrected chi connectivity index (χ0v) is 11.8. The Morgan fingerprint density at radius 2 is 2.15 bits per heavy atom. The van der Waals surface area contributed by atoms with Crippen LogP contribution < -0.4 is 9.47 Å². The quantitative estimate of drug-likeness (QED) is 0.253. The average Bonchev–Trinajstić information content (AvgIpc) is 2.42. The van der Waals surface area contributed by atoms with Crippen molar-refractivity contribution in [1.82, 2.24) is 0 Å². The molecule has 0 aliphatic heterocycles. The van der Waals surface area contributed by atoms with Gasteiger partial charge in [0.05, 0.1) is 31.0 Å². The summed E-state index contributed by atoms with van der Waals surface area (Å²) in [5.41, 5.74) is -0.0236. The Morgan fingerprint density at radius 3 is 2.65 bits per heavy atom. The number of halogens is 1. The number of methoxy groups -OCH3 is 2. The lowest BCUT2D eigenvalue weighted by Crippen LogP contribution is -1.98. The molecule has 1 aromatic rings. The molecule has 0 aliphatic rings. The lowest BCUT2D eigenvalue weighted by atomic mass is 10.1. The van der Waals surface area contributed by atoms with E-state index < -0.39 is 4.92 Å². The average molecular weight is 300 g/mol. The predicted molar refractivity (Wildman–Crippen MR) is 76.4 cm³/mol. The van der Waals surface area contributed by atoms with Crippen molar-refractivity contribution < 1.29 is 19.1 Å². The highest BCUT2D eigenvalue weighted by molar-refractivity contribution is 6.34. The highest BCUT2D eigenvalue weighted by Gasteiger charge is 2.25. The van der Waals surface area contributed by atoms with Crippen LogP contribution in [0.2, 0.25) is 5.02 Å². The first kappa shape index (κ1) is 15.8. The zero-order chi connectivity index (χ0) is 15.1. The molecule has 0 atom stereocenters. The molecule has 0 radical (unpaired) electrons. The number of hydrogen-bond donors (Lipinski definition) is 0. The van der Waals surface area contributed by atoms with Crippen molar-refractivity contribution in [3.8, 4) is 11.5 Å². The second kappa shape index (κ2) is 7.40. The van der Waals surface area contributed by atoms with Crippen molar-refractivity contribution >= 4 is 23.4 Å². The fourth-order valence-corrected chi connectivity index (χ4v) is 1.87. The van der Waals surface area contributed by atoms with Gasteiger partial charge in [0.15, 0.2) is 16.5 Å². The molecule has 0 saturated heterocycles. The van der Waals surface area contributed by atoms with E-state index in [1.54, 1.807) is 6.08 Å². The zero-order valence-electron chi connectivity index (χ0n) is 11.1. The Balaban J connectivity index is 3.33. The molecule has 0 fully saturated rings. The molecule has 0 amide bonds. The molecular formula is C13H14ClNO5. The topological polar surface area (TPSA) is 70.8 Å². The van der Waals surface area contributed by atoms with Crippen molar-refractivity contribution in [2.24, 2.45) is 0 Å². The van der Waals surface area contributed by atoms with Crippen LogP contribution in [0.3, 0.4) is 0 Å². The van der Waals surface area contributed by atoms with Crippen LogP contribution in [0.5, 0.6) is 11.5 Å². The Kier molecular flexibility index (Phi) is 5.86. The predicted octanol–water partition coefficient (Wildman–Crippen LogP) is 3.44. The number of rotatable bonds is 7. The fraction of sp³-hybridized carbons (Fsp3) is 0.231. The van der Waals surface area contributed by atoms with E-state index in [9.17, 15) is 10.1 Å². The van der Waals surface area contributed by atoms with Crippen molar-refractivity contribution in [3.63, 3.8) is 0 Å². The van der Waals surface area contributed by atoms with E-state index in [0.29, 0.717) is 12.4 Å². The van der Waals surface area contributed by atoms with E-state index in [4.69, 9.17) is 25.8 Å². The summed E-state index contributed by atoms with van der Waals surface area (Å²) in [4.78, 5) is 10.5. The number of nitro benzene ring substituents is 1. The Labute approximate surface area is 121 Å². The first-order chi connectivity index (χ1) is 9.56. The third-order valence-corrected chi connectivity index (χ3v) is 2.71. The van der Waals surface area contributed by atoms with Crippen LogP contribution in [-0.2, 0) is 4.74 Å². The van der Waals surface area contributed by atoms with Gasteiger partial charge < -0.3 is 14.2 Å². The number of nitrogens with zero attached hydrogens (tertiary/aromatic N) is 1. The van der Waals surface area contributed by atoms with Crippen LogP contribution in [0.15, 0.2) is 25.0 Å². The highest BCUT2D eigenvalue weighted by atomic mass is 35.5. The Morgan fingerprint density at radius 1 is 1.45 bits per heavy atom. The molecule has 1 aromatic carbocycles. The van der Waals surface area contributed by atoms with Crippen LogP contribution in [-0.4, -0.2) is 25.7 Å². The molecule has 0 bridgehead atoms. The van der Waals surface area contributed by atoms with Crippen LogP contribution in [0.25, 0.3) is 6.08 Å². The summed E-state index contributed by atoms with van der Waals surface area (Å²) in [5.74, 6) is 0.413. The molecule has 7 heteroatoms. The molecule has 0 N–H and O–H groups in total. The summed E-state index contributed by atoms with van der Waals surface area (Å²) in [7, 11) is 2.78. The number of hydrogen-bond acceptors (Lipinski definition) is 5. The maximum absolute atomic E-state index is 11.1. The van der Waals surface area contributed by atoms with Gasteiger partial charge >= 0.3 is 0 Å². The number of ether oxygens (including phenoxy) is 3. The summed E-state index contributed by atoms with van der Waals surface area (Å²) < 4.78 is 15.2. The van der Waals surface area contributed by atoms with Crippen molar-refractivity contribution in [3.05, 3.63) is 45.7 Å². The molecule has 0 unspecified atom stereocenters. The third kappa shape index (κ3) is 3.42. The SMILES string of the molecule is C=CCO/C=C/c1cc(OC)c(OC)c(Cl)c1[N+](=O)[O-]. The summed E-state index contributed by atoms with van der Waals surface area (Å²) >= 11 is 6.00. The van der Waals surface area contributed by atoms with E-state index in [1.165, 1.54) is 32.6 Å². The molecule has 0 heterocycles. The van der Waals surface area contributed by atoms with Crippen LogP contribution in [0.1, 0.15) is 5.56 Å². The second-order valence-corrected chi connectivity index (χ2v) is 3.92. The minimum absolute atomic E-state index is 0.116. The lowest BCUT2D eigenvalue weighted by molar-refractivity contribution is -0.385. The van der Waals surface area contributed by atoms with Gasteiger partial charge in [-0.05, 0) is 12.1 Å². The van der Waals surface area contributed by atoms with Gasteiger partial charge in [-0.2, -0.15) is 0 Å². The van der Waals surface area contributed by atoms with Crippen molar-refractivity contribution in [2.75, 3.05) is 20.8 Å². The van der Waals surface area contributed by atoms with Gasteiger partial charge in [-0.3, -0.25) is 10.1 Å². The number of nitro groups is 1. The monoisotopic (exact) mass is 299 g/mol. The smallest absolute Gasteiger partial charge is 0.299 e. The maximum atomic E-state index is 11.1. The largest absolute Gasteiger partial charge is 0.497 e. The molecule has 1 rings (SSSR count). The summed E-state index contributed by atoms with van der Waals surface area (Å²) in [5, 5.41) is 11.0. The molecule has 0 aliphatic carbocycles. The van der Waals surface area contributed by atoms with E-state index >= 15 is 0 Å². The fourth-order valence-electron chi connectivity index (χ4n) is 1.52. The van der Waals surface area contributed by atoms with Gasteiger partial charge in [-0.15, -0.1) is 0 Å². The van der Waals surface area contributed by atoms with E-state index in [2.05, 4.69) is 6.58 Å². The molecule has 0 spiro atoms. The van der Waals surface area contributed by atoms with Gasteiger partial charge in [0.1, 0.15) is 6.61 Å². The van der Waals surface area contributed by atoms with Gasteiger partial charge in [0.2, 0.25) is 0 Å². The van der Waals surface area contributed by atoms with Crippen molar-refractivity contribution in [2.45, 2.75) is 0 Å². The van der Waals surface area contributed by atoms with Gasteiger partial charge in [0.25, 0.3) is 5.69 Å². The maximum Gasteiger partial charge on any atom is 0.299 e. The Hall–Kier alpha value is -2.21. The standard InChI is InChI=1S/C13H14ClNO5/c1-4-6-20-7-5-9-8-10(18-2)13(19-3)11(14)12(9)15(16)17/h4-5,7-8H,1,6H2,2-3H3/b7-5+. The third-order valence-electron chi connectivity index (χ3n) is 2.36. The van der Waals surface area contributed by atoms with Crippen LogP contribution >= 0.6 is 11.6 Å². The summed E-state index contributed by atoms with van der Waals surface area (Å²) in [6.45, 7) is 3.79. The molecule has 0 aromatic heterocycles. The molecule has 0 saturated carbocycles. The lowest BCUT2D eigenvalue weighted by Gasteiger charge is -2.11. The minimum Gasteiger partial charge on any atom is -0.497 e. The van der Waals surface area contributed by atoms with Crippen molar-refractivity contribution in [1.29, 1.82) is 0 Å². The minimum atomic E-state index is -0.586. The van der Waals surface area contributed by atoms with E-state index in [-0.39, 0.29) is 22.0 Å². The summed E-state index contributed by atoms with van der Waals surface area (Å²) in [6, 6.07) is 1.45. The normalized spacial score (nSPS) is 10.3. The second-order valence-electron chi connectivity index (χ2n) is 3.55. The summed E-state index contributed by atoms with van der Waals surface area (Å²) in [6.07, 6.45) is 4.31. The highest BCUT2D eigenvalue weighted by Crippen LogP contribution is 2.44. The van der Waals surface area contributed by atoms with Crippen LogP contribution in [0.4, 0.5) is 5.69 Å². The van der Waals surface area contributed by atoms with E-state index in [1.807, 2.05) is 0 Å². The Bertz CT molecular complexity index is 542. The number of benzene rings is 1.